The highest BCUT2D eigenvalue weighted by Gasteiger charge is 2.25. The van der Waals surface area contributed by atoms with E-state index in [0.717, 1.165) is 16.9 Å². The topological polar surface area (TPSA) is 135 Å². The number of amides is 2. The van der Waals surface area contributed by atoms with Crippen LogP contribution < -0.4 is 15.4 Å². The maximum atomic E-state index is 13.6. The minimum absolute atomic E-state index is 0.0172. The van der Waals surface area contributed by atoms with Gasteiger partial charge in [0.2, 0.25) is 5.91 Å². The first-order chi connectivity index (χ1) is 20.4. The summed E-state index contributed by atoms with van der Waals surface area (Å²) >= 11 is 0. The van der Waals surface area contributed by atoms with Crippen molar-refractivity contribution in [3.05, 3.63) is 83.3 Å². The summed E-state index contributed by atoms with van der Waals surface area (Å²) in [6.45, 7) is 6.83. The molecule has 2 aromatic carbocycles. The van der Waals surface area contributed by atoms with Gasteiger partial charge in [0.15, 0.2) is 5.76 Å². The second-order valence-electron chi connectivity index (χ2n) is 12.3. The normalized spacial score (nSPS) is 15.1. The number of benzene rings is 2. The molecule has 1 unspecified atom stereocenters. The second-order valence-corrected chi connectivity index (χ2v) is 13.8. The van der Waals surface area contributed by atoms with Gasteiger partial charge in [-0.25, -0.2) is 0 Å². The molecule has 1 heterocycles. The first kappa shape index (κ1) is 32.3. The molecule has 0 aliphatic heterocycles. The van der Waals surface area contributed by atoms with Crippen molar-refractivity contribution in [3.8, 4) is 5.75 Å². The molecule has 10 heteroatoms. The first-order valence-corrected chi connectivity index (χ1v) is 16.4. The molecule has 1 fully saturated rings. The van der Waals surface area contributed by atoms with Crippen LogP contribution in [0.1, 0.15) is 86.2 Å². The molecule has 1 saturated carbocycles. The minimum atomic E-state index is -4.20. The van der Waals surface area contributed by atoms with E-state index < -0.39 is 27.7 Å². The van der Waals surface area contributed by atoms with E-state index in [0.29, 0.717) is 24.0 Å². The molecule has 4 rings (SSSR count). The Morgan fingerprint density at radius 2 is 1.65 bits per heavy atom. The van der Waals surface area contributed by atoms with Crippen LogP contribution in [0.3, 0.4) is 0 Å². The van der Waals surface area contributed by atoms with Crippen molar-refractivity contribution in [3.63, 3.8) is 0 Å². The van der Waals surface area contributed by atoms with Crippen molar-refractivity contribution >= 4 is 27.6 Å². The standard InChI is InChI=1S/C33H42N2O7S/c1-33(2,3)25-11-9-24(10-12-25)29(21-28-17-18-30(42-28)32(37)34-19-20-43(38,39)40)31(36)35-26-13-15-27(16-14-26)41-22-23-7-5-4-6-8-23/h9-18,23,29H,4-8,19-22H2,1-3H3,(H,34,37)(H,35,36)(H,38,39,40). The number of hydrogen-bond donors (Lipinski definition) is 3. The van der Waals surface area contributed by atoms with Gasteiger partial charge in [0.25, 0.3) is 16.0 Å². The van der Waals surface area contributed by atoms with Crippen molar-refractivity contribution in [1.82, 2.24) is 5.32 Å². The van der Waals surface area contributed by atoms with Crippen LogP contribution in [-0.4, -0.2) is 43.7 Å². The number of ether oxygens (including phenoxy) is 1. The highest BCUT2D eigenvalue weighted by Crippen LogP contribution is 2.29. The van der Waals surface area contributed by atoms with Crippen LogP contribution in [-0.2, 0) is 26.7 Å². The maximum absolute atomic E-state index is 13.6. The van der Waals surface area contributed by atoms with E-state index in [2.05, 4.69) is 31.4 Å². The third-order valence-corrected chi connectivity index (χ3v) is 8.48. The van der Waals surface area contributed by atoms with Crippen LogP contribution in [0.25, 0.3) is 0 Å². The molecule has 232 valence electrons. The summed E-state index contributed by atoms with van der Waals surface area (Å²) in [5, 5.41) is 5.41. The third kappa shape index (κ3) is 9.96. The fraction of sp³-hybridized carbons (Fsp3) is 0.455. The predicted molar refractivity (Wildman–Crippen MR) is 166 cm³/mol. The molecular weight excluding hydrogens is 568 g/mol. The van der Waals surface area contributed by atoms with Gasteiger partial charge in [-0.1, -0.05) is 64.3 Å². The molecule has 2 amide bonds. The number of carbonyl (C=O) groups excluding carboxylic acids is 2. The van der Waals surface area contributed by atoms with E-state index >= 15 is 0 Å². The summed E-state index contributed by atoms with van der Waals surface area (Å²) in [5.74, 6) is -0.279. The number of furan rings is 1. The molecular formula is C33H42N2O7S. The lowest BCUT2D eigenvalue weighted by Crippen LogP contribution is -2.28. The Labute approximate surface area is 254 Å². The number of carbonyl (C=O) groups is 2. The highest BCUT2D eigenvalue weighted by atomic mass is 32.2. The van der Waals surface area contributed by atoms with E-state index in [9.17, 15) is 18.0 Å². The Morgan fingerprint density at radius 3 is 2.28 bits per heavy atom. The Morgan fingerprint density at radius 1 is 0.977 bits per heavy atom. The number of rotatable bonds is 12. The minimum Gasteiger partial charge on any atom is -0.493 e. The summed E-state index contributed by atoms with van der Waals surface area (Å²) in [6, 6.07) is 18.4. The van der Waals surface area contributed by atoms with Crippen molar-refractivity contribution in [1.29, 1.82) is 0 Å². The molecule has 1 aromatic heterocycles. The second kappa shape index (κ2) is 14.2. The van der Waals surface area contributed by atoms with Crippen LogP contribution in [0.2, 0.25) is 0 Å². The van der Waals surface area contributed by atoms with E-state index in [-0.39, 0.29) is 30.0 Å². The summed E-state index contributed by atoms with van der Waals surface area (Å²) in [4.78, 5) is 26.0. The van der Waals surface area contributed by atoms with Crippen LogP contribution in [0.5, 0.6) is 5.75 Å². The average molecular weight is 611 g/mol. The van der Waals surface area contributed by atoms with Crippen molar-refractivity contribution in [2.24, 2.45) is 5.92 Å². The van der Waals surface area contributed by atoms with E-state index in [4.69, 9.17) is 13.7 Å². The fourth-order valence-electron chi connectivity index (χ4n) is 5.20. The van der Waals surface area contributed by atoms with Gasteiger partial charge in [-0.05, 0) is 71.7 Å². The molecule has 0 bridgehead atoms. The van der Waals surface area contributed by atoms with E-state index in [1.54, 1.807) is 6.07 Å². The van der Waals surface area contributed by atoms with Gasteiger partial charge in [-0.15, -0.1) is 0 Å². The molecule has 3 N–H and O–H groups in total. The maximum Gasteiger partial charge on any atom is 0.287 e. The van der Waals surface area contributed by atoms with Crippen LogP contribution in [0.4, 0.5) is 5.69 Å². The molecule has 1 aliphatic rings. The van der Waals surface area contributed by atoms with Crippen LogP contribution in [0, 0.1) is 5.92 Å². The smallest absolute Gasteiger partial charge is 0.287 e. The monoisotopic (exact) mass is 610 g/mol. The SMILES string of the molecule is CC(C)(C)c1ccc(C(Cc2ccc(C(=O)NCCS(=O)(=O)O)o2)C(=O)Nc2ccc(OCC3CCCCC3)cc2)cc1. The van der Waals surface area contributed by atoms with Crippen molar-refractivity contribution in [2.45, 2.75) is 70.6 Å². The highest BCUT2D eigenvalue weighted by molar-refractivity contribution is 7.85. The van der Waals surface area contributed by atoms with Gasteiger partial charge in [-0.2, -0.15) is 8.42 Å². The van der Waals surface area contributed by atoms with E-state index in [1.165, 1.54) is 38.2 Å². The third-order valence-electron chi connectivity index (χ3n) is 7.76. The number of anilines is 1. The van der Waals surface area contributed by atoms with Crippen LogP contribution >= 0.6 is 0 Å². The lowest BCUT2D eigenvalue weighted by molar-refractivity contribution is -0.117. The lowest BCUT2D eigenvalue weighted by Gasteiger charge is -2.22. The molecule has 9 nitrogen and oxygen atoms in total. The molecule has 43 heavy (non-hydrogen) atoms. The first-order valence-electron chi connectivity index (χ1n) is 14.8. The molecule has 1 aliphatic carbocycles. The van der Waals surface area contributed by atoms with Crippen molar-refractivity contribution < 1.29 is 31.7 Å². The van der Waals surface area contributed by atoms with E-state index in [1.807, 2.05) is 48.5 Å². The molecule has 0 spiro atoms. The number of hydrogen-bond acceptors (Lipinski definition) is 6. The Kier molecular flexibility index (Phi) is 10.7. The summed E-state index contributed by atoms with van der Waals surface area (Å²) in [5.41, 5.74) is 2.54. The van der Waals surface area contributed by atoms with Crippen LogP contribution in [0.15, 0.2) is 65.1 Å². The zero-order valence-electron chi connectivity index (χ0n) is 25.1. The quantitative estimate of drug-likeness (QED) is 0.210. The van der Waals surface area contributed by atoms with Gasteiger partial charge in [-0.3, -0.25) is 14.1 Å². The number of nitrogens with one attached hydrogen (secondary N) is 2. The van der Waals surface area contributed by atoms with Gasteiger partial charge in [0, 0.05) is 18.7 Å². The lowest BCUT2D eigenvalue weighted by atomic mass is 9.85. The molecule has 0 saturated heterocycles. The van der Waals surface area contributed by atoms with Gasteiger partial charge in [0.05, 0.1) is 18.3 Å². The fourth-order valence-corrected chi connectivity index (χ4v) is 5.56. The Balaban J connectivity index is 1.45. The van der Waals surface area contributed by atoms with Gasteiger partial charge >= 0.3 is 0 Å². The van der Waals surface area contributed by atoms with Crippen molar-refractivity contribution in [2.75, 3.05) is 24.2 Å². The molecule has 0 radical (unpaired) electrons. The Bertz CT molecular complexity index is 1470. The summed E-state index contributed by atoms with van der Waals surface area (Å²) in [6.07, 6.45) is 6.46. The zero-order chi connectivity index (χ0) is 31.0. The average Bonchev–Trinajstić information content (AvgIpc) is 3.44. The summed E-state index contributed by atoms with van der Waals surface area (Å²) < 4.78 is 42.4. The van der Waals surface area contributed by atoms with Gasteiger partial charge in [0.1, 0.15) is 11.5 Å². The zero-order valence-corrected chi connectivity index (χ0v) is 25.9. The largest absolute Gasteiger partial charge is 0.493 e. The van der Waals surface area contributed by atoms with Gasteiger partial charge < -0.3 is 19.8 Å². The predicted octanol–water partition coefficient (Wildman–Crippen LogP) is 6.12. The molecule has 1 atom stereocenters. The Hall–Kier alpha value is -3.63. The molecule has 3 aromatic rings. The summed E-state index contributed by atoms with van der Waals surface area (Å²) in [7, 11) is -4.20.